The maximum atomic E-state index is 12.5. The number of hydrogen-bond acceptors (Lipinski definition) is 6. The molecular formula is C20H17ClF3N3O3. The largest absolute Gasteiger partial charge is 0.573 e. The van der Waals surface area contributed by atoms with E-state index in [4.69, 9.17) is 21.1 Å². The first-order chi connectivity index (χ1) is 14.3. The summed E-state index contributed by atoms with van der Waals surface area (Å²) >= 11 is 6.25. The Balaban J connectivity index is 1.81. The van der Waals surface area contributed by atoms with Crippen LogP contribution in [0.15, 0.2) is 48.7 Å². The van der Waals surface area contributed by atoms with Crippen LogP contribution in [0.25, 0.3) is 11.3 Å². The van der Waals surface area contributed by atoms with Gasteiger partial charge in [-0.3, -0.25) is 0 Å². The number of hydrogen-bond donors (Lipinski definition) is 1. The summed E-state index contributed by atoms with van der Waals surface area (Å²) in [6.07, 6.45) is -3.39. The van der Waals surface area contributed by atoms with E-state index in [-0.39, 0.29) is 22.2 Å². The second-order valence-electron chi connectivity index (χ2n) is 6.01. The molecule has 30 heavy (non-hydrogen) atoms. The second-order valence-corrected chi connectivity index (χ2v) is 6.36. The van der Waals surface area contributed by atoms with E-state index in [9.17, 15) is 13.2 Å². The lowest BCUT2D eigenvalue weighted by molar-refractivity contribution is -0.274. The third-order valence-electron chi connectivity index (χ3n) is 4.02. The zero-order valence-corrected chi connectivity index (χ0v) is 16.7. The maximum Gasteiger partial charge on any atom is 0.573 e. The summed E-state index contributed by atoms with van der Waals surface area (Å²) in [6.45, 7) is 0.465. The van der Waals surface area contributed by atoms with E-state index in [1.165, 1.54) is 19.4 Å². The number of rotatable bonds is 7. The van der Waals surface area contributed by atoms with Crippen molar-refractivity contribution in [3.8, 4) is 28.5 Å². The Morgan fingerprint density at radius 2 is 1.70 bits per heavy atom. The normalized spacial score (nSPS) is 11.1. The Hall–Kier alpha value is -3.20. The summed E-state index contributed by atoms with van der Waals surface area (Å²) < 4.78 is 51.9. The summed E-state index contributed by atoms with van der Waals surface area (Å²) in [4.78, 5) is 8.47. The number of nitrogens with one attached hydrogen (secondary N) is 1. The quantitative estimate of drug-likeness (QED) is 0.537. The van der Waals surface area contributed by atoms with Crippen molar-refractivity contribution in [2.45, 2.75) is 12.9 Å². The predicted octanol–water partition coefficient (Wildman–Crippen LogP) is 5.32. The molecule has 1 N–H and O–H groups in total. The van der Waals surface area contributed by atoms with Gasteiger partial charge < -0.3 is 19.5 Å². The van der Waals surface area contributed by atoms with Gasteiger partial charge in [-0.15, -0.1) is 13.2 Å². The first kappa shape index (κ1) is 21.5. The van der Waals surface area contributed by atoms with Crippen LogP contribution in [-0.2, 0) is 6.54 Å². The van der Waals surface area contributed by atoms with Crippen LogP contribution < -0.4 is 19.5 Å². The summed E-state index contributed by atoms with van der Waals surface area (Å²) in [5, 5.41) is 3.08. The van der Waals surface area contributed by atoms with Crippen molar-refractivity contribution in [2.75, 3.05) is 19.5 Å². The maximum absolute atomic E-state index is 12.5. The van der Waals surface area contributed by atoms with Crippen LogP contribution in [0.5, 0.6) is 17.2 Å². The van der Waals surface area contributed by atoms with Gasteiger partial charge in [0.25, 0.3) is 0 Å². The number of halogens is 4. The molecule has 2 aromatic carbocycles. The number of benzene rings is 2. The molecule has 158 valence electrons. The van der Waals surface area contributed by atoms with Crippen LogP contribution in [-0.4, -0.2) is 30.5 Å². The van der Waals surface area contributed by atoms with Crippen molar-refractivity contribution in [3.05, 3.63) is 59.4 Å². The summed E-state index contributed by atoms with van der Waals surface area (Å²) in [5.74, 6) is 1.01. The predicted molar refractivity (Wildman–Crippen MR) is 106 cm³/mol. The Labute approximate surface area is 175 Å². The van der Waals surface area contributed by atoms with Crippen molar-refractivity contribution >= 4 is 17.4 Å². The van der Waals surface area contributed by atoms with Gasteiger partial charge in [-0.25, -0.2) is 9.97 Å². The van der Waals surface area contributed by atoms with E-state index >= 15 is 0 Å². The number of ether oxygens (including phenoxy) is 3. The Bertz CT molecular complexity index is 1010. The van der Waals surface area contributed by atoms with Gasteiger partial charge in [0, 0.05) is 12.1 Å². The lowest BCUT2D eigenvalue weighted by Gasteiger charge is -2.14. The molecule has 1 aromatic heterocycles. The van der Waals surface area contributed by atoms with Crippen molar-refractivity contribution in [2.24, 2.45) is 0 Å². The fourth-order valence-corrected chi connectivity index (χ4v) is 2.88. The molecule has 0 aliphatic rings. The SMILES string of the molecule is COc1ccc(CNc2cnc(-c3cc(OC(F)(F)F)ccc3OC)c(Cl)n2)cc1. The second kappa shape index (κ2) is 9.08. The van der Waals surface area contributed by atoms with E-state index in [1.54, 1.807) is 7.11 Å². The van der Waals surface area contributed by atoms with Crippen LogP contribution in [0, 0.1) is 0 Å². The van der Waals surface area contributed by atoms with Gasteiger partial charge in [0.2, 0.25) is 0 Å². The molecule has 3 rings (SSSR count). The highest BCUT2D eigenvalue weighted by Crippen LogP contribution is 2.37. The zero-order valence-electron chi connectivity index (χ0n) is 16.0. The molecule has 0 radical (unpaired) electrons. The molecule has 0 aliphatic heterocycles. The number of anilines is 1. The van der Waals surface area contributed by atoms with Gasteiger partial charge in [0.05, 0.1) is 20.4 Å². The van der Waals surface area contributed by atoms with Gasteiger partial charge in [0.1, 0.15) is 28.8 Å². The van der Waals surface area contributed by atoms with Crippen LogP contribution >= 0.6 is 11.6 Å². The van der Waals surface area contributed by atoms with E-state index in [2.05, 4.69) is 20.0 Å². The molecule has 0 amide bonds. The molecule has 0 saturated heterocycles. The molecule has 0 fully saturated rings. The monoisotopic (exact) mass is 439 g/mol. The molecule has 1 heterocycles. The Kier molecular flexibility index (Phi) is 6.51. The Morgan fingerprint density at radius 3 is 2.30 bits per heavy atom. The standard InChI is InChI=1S/C20H17ClF3N3O3/c1-28-13-5-3-12(4-6-13)10-25-17-11-26-18(19(21)27-17)15-9-14(30-20(22,23)24)7-8-16(15)29-2/h3-9,11H,10H2,1-2H3,(H,25,27). The smallest absolute Gasteiger partial charge is 0.497 e. The van der Waals surface area contributed by atoms with Gasteiger partial charge in [-0.1, -0.05) is 23.7 Å². The van der Waals surface area contributed by atoms with E-state index in [0.29, 0.717) is 12.4 Å². The number of nitrogens with zero attached hydrogens (tertiary/aromatic N) is 2. The van der Waals surface area contributed by atoms with E-state index < -0.39 is 12.1 Å². The van der Waals surface area contributed by atoms with Crippen LogP contribution in [0.4, 0.5) is 19.0 Å². The first-order valence-electron chi connectivity index (χ1n) is 8.62. The summed E-state index contributed by atoms with van der Waals surface area (Å²) in [5.41, 5.74) is 1.37. The highest BCUT2D eigenvalue weighted by molar-refractivity contribution is 6.32. The van der Waals surface area contributed by atoms with Crippen molar-refractivity contribution in [1.82, 2.24) is 9.97 Å². The third-order valence-corrected chi connectivity index (χ3v) is 4.29. The molecule has 0 spiro atoms. The van der Waals surface area contributed by atoms with Gasteiger partial charge in [-0.2, -0.15) is 0 Å². The molecule has 0 unspecified atom stereocenters. The number of alkyl halides is 3. The van der Waals surface area contributed by atoms with Crippen molar-refractivity contribution < 1.29 is 27.4 Å². The Morgan fingerprint density at radius 1 is 1.00 bits per heavy atom. The molecule has 3 aromatic rings. The minimum absolute atomic E-state index is 0.00260. The topological polar surface area (TPSA) is 65.5 Å². The van der Waals surface area contributed by atoms with Crippen molar-refractivity contribution in [1.29, 1.82) is 0 Å². The minimum Gasteiger partial charge on any atom is -0.497 e. The zero-order chi connectivity index (χ0) is 21.7. The lowest BCUT2D eigenvalue weighted by Crippen LogP contribution is -2.17. The first-order valence-corrected chi connectivity index (χ1v) is 9.00. The average molecular weight is 440 g/mol. The summed E-state index contributed by atoms with van der Waals surface area (Å²) in [7, 11) is 2.97. The molecule has 0 aliphatic carbocycles. The van der Waals surface area contributed by atoms with Gasteiger partial charge in [0.15, 0.2) is 5.15 Å². The molecule has 0 bridgehead atoms. The third kappa shape index (κ3) is 5.44. The van der Waals surface area contributed by atoms with Gasteiger partial charge >= 0.3 is 6.36 Å². The minimum atomic E-state index is -4.82. The molecule has 6 nitrogen and oxygen atoms in total. The summed E-state index contributed by atoms with van der Waals surface area (Å²) in [6, 6.07) is 11.1. The van der Waals surface area contributed by atoms with E-state index in [0.717, 1.165) is 23.4 Å². The average Bonchev–Trinajstić information content (AvgIpc) is 2.71. The van der Waals surface area contributed by atoms with Crippen LogP contribution in [0.2, 0.25) is 5.15 Å². The van der Waals surface area contributed by atoms with Crippen LogP contribution in [0.3, 0.4) is 0 Å². The number of aromatic nitrogens is 2. The fourth-order valence-electron chi connectivity index (χ4n) is 2.64. The van der Waals surface area contributed by atoms with Crippen molar-refractivity contribution in [3.63, 3.8) is 0 Å². The highest BCUT2D eigenvalue weighted by Gasteiger charge is 2.31. The molecule has 0 saturated carbocycles. The molecule has 10 heteroatoms. The molecule has 0 atom stereocenters. The van der Waals surface area contributed by atoms with Crippen LogP contribution in [0.1, 0.15) is 5.56 Å². The lowest BCUT2D eigenvalue weighted by atomic mass is 10.1. The molecular weight excluding hydrogens is 423 g/mol. The van der Waals surface area contributed by atoms with E-state index in [1.807, 2.05) is 24.3 Å². The fraction of sp³-hybridized carbons (Fsp3) is 0.200. The number of methoxy groups -OCH3 is 2. The van der Waals surface area contributed by atoms with Gasteiger partial charge in [-0.05, 0) is 35.9 Å². The highest BCUT2D eigenvalue weighted by atomic mass is 35.5.